The molecular formula is C14H11BrN2O3. The third kappa shape index (κ3) is 3.03. The molecule has 0 aliphatic rings. The van der Waals surface area contributed by atoms with E-state index in [1.807, 2.05) is 0 Å². The summed E-state index contributed by atoms with van der Waals surface area (Å²) < 4.78 is 0.813. The van der Waals surface area contributed by atoms with Crippen molar-refractivity contribution in [2.45, 2.75) is 6.92 Å². The van der Waals surface area contributed by atoms with E-state index in [2.05, 4.69) is 20.9 Å². The monoisotopic (exact) mass is 334 g/mol. The standard InChI is InChI=1S/C14H11BrN2O3/c1-9-12(3-2-4-13(9)17(19)20)16-8-10-7-11(15)5-6-14(10)18/h2-8,18H,1H3. The van der Waals surface area contributed by atoms with E-state index < -0.39 is 4.92 Å². The van der Waals surface area contributed by atoms with Gasteiger partial charge in [0.2, 0.25) is 0 Å². The first-order valence-electron chi connectivity index (χ1n) is 5.75. The highest BCUT2D eigenvalue weighted by molar-refractivity contribution is 9.10. The fourth-order valence-corrected chi connectivity index (χ4v) is 2.10. The van der Waals surface area contributed by atoms with Gasteiger partial charge in [0.25, 0.3) is 5.69 Å². The SMILES string of the molecule is Cc1c(N=Cc2cc(Br)ccc2O)cccc1[N+](=O)[O-]. The molecule has 6 heteroatoms. The summed E-state index contributed by atoms with van der Waals surface area (Å²) in [6.07, 6.45) is 1.48. The van der Waals surface area contributed by atoms with Crippen LogP contribution in [0, 0.1) is 17.0 Å². The van der Waals surface area contributed by atoms with Crippen LogP contribution in [0.1, 0.15) is 11.1 Å². The van der Waals surface area contributed by atoms with Gasteiger partial charge in [-0.05, 0) is 31.2 Å². The highest BCUT2D eigenvalue weighted by Crippen LogP contribution is 2.28. The maximum absolute atomic E-state index is 10.9. The van der Waals surface area contributed by atoms with Crippen molar-refractivity contribution in [3.63, 3.8) is 0 Å². The van der Waals surface area contributed by atoms with Gasteiger partial charge >= 0.3 is 0 Å². The van der Waals surface area contributed by atoms with Gasteiger partial charge in [-0.15, -0.1) is 0 Å². The Kier molecular flexibility index (Phi) is 4.14. The normalized spacial score (nSPS) is 10.9. The van der Waals surface area contributed by atoms with Gasteiger partial charge < -0.3 is 5.11 Å². The van der Waals surface area contributed by atoms with Crippen LogP contribution in [0.15, 0.2) is 45.9 Å². The van der Waals surface area contributed by atoms with Crippen LogP contribution in [0.4, 0.5) is 11.4 Å². The van der Waals surface area contributed by atoms with Crippen molar-refractivity contribution in [2.24, 2.45) is 4.99 Å². The molecule has 2 aromatic rings. The fraction of sp³-hybridized carbons (Fsp3) is 0.0714. The molecule has 0 fully saturated rings. The summed E-state index contributed by atoms with van der Waals surface area (Å²) in [5.74, 6) is 0.0973. The average molecular weight is 335 g/mol. The van der Waals surface area contributed by atoms with Crippen LogP contribution in [0.2, 0.25) is 0 Å². The maximum atomic E-state index is 10.9. The van der Waals surface area contributed by atoms with Gasteiger partial charge in [-0.2, -0.15) is 0 Å². The summed E-state index contributed by atoms with van der Waals surface area (Å²) in [4.78, 5) is 14.6. The van der Waals surface area contributed by atoms with Crippen LogP contribution in [0.5, 0.6) is 5.75 Å². The summed E-state index contributed by atoms with van der Waals surface area (Å²) in [6, 6.07) is 9.68. The number of rotatable bonds is 3. The topological polar surface area (TPSA) is 75.7 Å². The summed E-state index contributed by atoms with van der Waals surface area (Å²) in [6.45, 7) is 1.64. The minimum atomic E-state index is -0.440. The lowest BCUT2D eigenvalue weighted by molar-refractivity contribution is -0.385. The number of phenolic OH excluding ortho intramolecular Hbond substituents is 1. The highest BCUT2D eigenvalue weighted by atomic mass is 79.9. The zero-order valence-corrected chi connectivity index (χ0v) is 12.2. The lowest BCUT2D eigenvalue weighted by Gasteiger charge is -2.02. The third-order valence-corrected chi connectivity index (χ3v) is 3.30. The first-order valence-corrected chi connectivity index (χ1v) is 6.55. The van der Waals surface area contributed by atoms with Crippen LogP contribution in [0.25, 0.3) is 0 Å². The molecule has 0 saturated carbocycles. The van der Waals surface area contributed by atoms with E-state index in [9.17, 15) is 15.2 Å². The third-order valence-electron chi connectivity index (χ3n) is 2.81. The second-order valence-corrected chi connectivity index (χ2v) is 5.06. The Bertz CT molecular complexity index is 699. The lowest BCUT2D eigenvalue weighted by atomic mass is 10.1. The zero-order valence-electron chi connectivity index (χ0n) is 10.6. The van der Waals surface area contributed by atoms with Crippen LogP contribution in [-0.4, -0.2) is 16.2 Å². The minimum Gasteiger partial charge on any atom is -0.507 e. The molecule has 102 valence electrons. The van der Waals surface area contributed by atoms with Crippen molar-refractivity contribution in [3.05, 3.63) is 62.1 Å². The van der Waals surface area contributed by atoms with Crippen LogP contribution >= 0.6 is 15.9 Å². The molecule has 0 aromatic heterocycles. The van der Waals surface area contributed by atoms with Crippen LogP contribution in [-0.2, 0) is 0 Å². The molecule has 0 unspecified atom stereocenters. The quantitative estimate of drug-likeness (QED) is 0.521. The Morgan fingerprint density at radius 3 is 2.80 bits per heavy atom. The number of aliphatic imine (C=N–C) groups is 1. The molecule has 0 spiro atoms. The molecule has 2 rings (SSSR count). The first-order chi connectivity index (χ1) is 9.49. The van der Waals surface area contributed by atoms with E-state index in [0.717, 1.165) is 4.47 Å². The van der Waals surface area contributed by atoms with Gasteiger partial charge in [0, 0.05) is 22.3 Å². The molecule has 2 aromatic carbocycles. The predicted molar refractivity (Wildman–Crippen MR) is 80.9 cm³/mol. The van der Waals surface area contributed by atoms with Crippen molar-refractivity contribution in [2.75, 3.05) is 0 Å². The Morgan fingerprint density at radius 1 is 1.35 bits per heavy atom. The van der Waals surface area contributed by atoms with Crippen LogP contribution < -0.4 is 0 Å². The minimum absolute atomic E-state index is 0.0260. The Balaban J connectivity index is 2.39. The number of aromatic hydroxyl groups is 1. The molecule has 0 aliphatic carbocycles. The Labute approximate surface area is 123 Å². The van der Waals surface area contributed by atoms with E-state index in [1.54, 1.807) is 37.3 Å². The lowest BCUT2D eigenvalue weighted by Crippen LogP contribution is -1.91. The molecular weight excluding hydrogens is 324 g/mol. The van der Waals surface area contributed by atoms with Gasteiger partial charge in [-0.3, -0.25) is 15.1 Å². The first kappa shape index (κ1) is 14.2. The van der Waals surface area contributed by atoms with E-state index in [-0.39, 0.29) is 11.4 Å². The number of nitrogens with zero attached hydrogens (tertiary/aromatic N) is 2. The van der Waals surface area contributed by atoms with E-state index in [0.29, 0.717) is 16.8 Å². The molecule has 0 bridgehead atoms. The number of nitro benzene ring substituents is 1. The molecule has 0 saturated heterocycles. The van der Waals surface area contributed by atoms with Gasteiger partial charge in [-0.1, -0.05) is 22.0 Å². The number of hydrogen-bond donors (Lipinski definition) is 1. The molecule has 20 heavy (non-hydrogen) atoms. The number of benzene rings is 2. The number of nitro groups is 1. The van der Waals surface area contributed by atoms with E-state index >= 15 is 0 Å². The highest BCUT2D eigenvalue weighted by Gasteiger charge is 2.12. The number of phenols is 1. The molecule has 0 aliphatic heterocycles. The van der Waals surface area contributed by atoms with Crippen molar-refractivity contribution < 1.29 is 10.0 Å². The van der Waals surface area contributed by atoms with Gasteiger partial charge in [0.05, 0.1) is 16.2 Å². The van der Waals surface area contributed by atoms with Crippen molar-refractivity contribution >= 4 is 33.5 Å². The van der Waals surface area contributed by atoms with Crippen molar-refractivity contribution in [3.8, 4) is 5.75 Å². The molecule has 5 nitrogen and oxygen atoms in total. The number of hydrogen-bond acceptors (Lipinski definition) is 4. The second kappa shape index (κ2) is 5.83. The fourth-order valence-electron chi connectivity index (χ4n) is 1.72. The molecule has 0 atom stereocenters. The predicted octanol–water partition coefficient (Wildman–Crippen LogP) is 4.12. The molecule has 0 radical (unpaired) electrons. The number of halogens is 1. The van der Waals surface area contributed by atoms with E-state index in [1.165, 1.54) is 12.3 Å². The van der Waals surface area contributed by atoms with Crippen molar-refractivity contribution in [1.82, 2.24) is 0 Å². The maximum Gasteiger partial charge on any atom is 0.274 e. The summed E-state index contributed by atoms with van der Waals surface area (Å²) in [7, 11) is 0. The van der Waals surface area contributed by atoms with Gasteiger partial charge in [0.15, 0.2) is 0 Å². The molecule has 1 N–H and O–H groups in total. The Morgan fingerprint density at radius 2 is 2.10 bits per heavy atom. The van der Waals surface area contributed by atoms with E-state index in [4.69, 9.17) is 0 Å². The average Bonchev–Trinajstić information content (AvgIpc) is 2.41. The smallest absolute Gasteiger partial charge is 0.274 e. The van der Waals surface area contributed by atoms with Gasteiger partial charge in [0.1, 0.15) is 5.75 Å². The van der Waals surface area contributed by atoms with Gasteiger partial charge in [-0.25, -0.2) is 0 Å². The second-order valence-electron chi connectivity index (χ2n) is 4.14. The summed E-state index contributed by atoms with van der Waals surface area (Å²) in [5, 5.41) is 20.6. The Hall–Kier alpha value is -2.21. The largest absolute Gasteiger partial charge is 0.507 e. The van der Waals surface area contributed by atoms with Crippen LogP contribution in [0.3, 0.4) is 0 Å². The summed E-state index contributed by atoms with van der Waals surface area (Å²) in [5.41, 5.74) is 1.55. The van der Waals surface area contributed by atoms with Crippen molar-refractivity contribution in [1.29, 1.82) is 0 Å². The molecule has 0 amide bonds. The summed E-state index contributed by atoms with van der Waals surface area (Å²) >= 11 is 3.31. The zero-order chi connectivity index (χ0) is 14.7. The molecule has 0 heterocycles.